The van der Waals surface area contributed by atoms with Crippen LogP contribution >= 0.6 is 11.6 Å². The van der Waals surface area contributed by atoms with Gasteiger partial charge in [0.25, 0.3) is 0 Å². The fraction of sp³-hybridized carbons (Fsp3) is 0.250. The van der Waals surface area contributed by atoms with Gasteiger partial charge in [0.1, 0.15) is 5.75 Å². The van der Waals surface area contributed by atoms with Gasteiger partial charge in [-0.15, -0.1) is 0 Å². The Kier molecular flexibility index (Phi) is 4.17. The summed E-state index contributed by atoms with van der Waals surface area (Å²) in [5.41, 5.74) is 8.65. The Labute approximate surface area is 131 Å². The number of anilines is 1. The highest BCUT2D eigenvalue weighted by atomic mass is 35.5. The minimum Gasteiger partial charge on any atom is -0.493 e. The maximum absolute atomic E-state index is 12.3. The molecule has 0 aromatic heterocycles. The Hall–Kier alpha value is -1.52. The predicted molar refractivity (Wildman–Crippen MR) is 86.5 cm³/mol. The van der Waals surface area contributed by atoms with Crippen LogP contribution in [0.25, 0.3) is 0 Å². The lowest BCUT2D eigenvalue weighted by molar-refractivity contribution is 0.357. The summed E-state index contributed by atoms with van der Waals surface area (Å²) in [6, 6.07) is 11.3. The molecule has 0 fully saturated rings. The number of rotatable bonds is 4. The summed E-state index contributed by atoms with van der Waals surface area (Å²) in [5.74, 6) is 1.52. The average Bonchev–Trinajstić information content (AvgIpc) is 2.92. The zero-order valence-electron chi connectivity index (χ0n) is 11.5. The summed E-state index contributed by atoms with van der Waals surface area (Å²) >= 11 is 6.09. The van der Waals surface area contributed by atoms with E-state index in [9.17, 15) is 4.21 Å². The van der Waals surface area contributed by atoms with E-state index >= 15 is 0 Å². The van der Waals surface area contributed by atoms with Gasteiger partial charge in [-0.2, -0.15) is 0 Å². The van der Waals surface area contributed by atoms with Crippen molar-refractivity contribution in [1.29, 1.82) is 0 Å². The normalized spacial score (nSPS) is 14.5. The van der Waals surface area contributed by atoms with Crippen LogP contribution in [-0.4, -0.2) is 16.6 Å². The van der Waals surface area contributed by atoms with Gasteiger partial charge in [-0.3, -0.25) is 4.21 Å². The largest absolute Gasteiger partial charge is 0.493 e. The van der Waals surface area contributed by atoms with Crippen molar-refractivity contribution in [2.45, 2.75) is 17.7 Å². The standard InChI is InChI=1S/C16H16ClNO2S/c17-14-10-13(18)2-4-16(14)21(19)8-6-11-1-3-15-12(9-11)5-7-20-15/h1-4,9-10H,5-8,18H2. The average molecular weight is 322 g/mol. The van der Waals surface area contributed by atoms with Gasteiger partial charge in [-0.1, -0.05) is 23.7 Å². The first-order valence-corrected chi connectivity index (χ1v) is 8.51. The van der Waals surface area contributed by atoms with E-state index in [1.54, 1.807) is 18.2 Å². The lowest BCUT2D eigenvalue weighted by Gasteiger charge is -2.07. The number of halogens is 1. The molecule has 0 saturated heterocycles. The number of benzene rings is 2. The molecule has 2 aromatic rings. The Morgan fingerprint density at radius 3 is 2.90 bits per heavy atom. The van der Waals surface area contributed by atoms with Gasteiger partial charge in [0.2, 0.25) is 0 Å². The fourth-order valence-corrected chi connectivity index (χ4v) is 4.00. The molecule has 2 aromatic carbocycles. The number of nitrogens with two attached hydrogens (primary N) is 1. The minimum absolute atomic E-state index is 0.468. The molecule has 5 heteroatoms. The molecule has 3 rings (SSSR count). The van der Waals surface area contributed by atoms with Crippen molar-refractivity contribution in [3.8, 4) is 5.75 Å². The lowest BCUT2D eigenvalue weighted by atomic mass is 10.1. The van der Waals surface area contributed by atoms with Crippen molar-refractivity contribution >= 4 is 28.1 Å². The molecule has 1 aliphatic heterocycles. The van der Waals surface area contributed by atoms with E-state index in [0.717, 1.165) is 25.2 Å². The molecule has 2 N–H and O–H groups in total. The van der Waals surface area contributed by atoms with Crippen LogP contribution in [0.5, 0.6) is 5.75 Å². The predicted octanol–water partition coefficient (Wildman–Crippen LogP) is 3.21. The van der Waals surface area contributed by atoms with Gasteiger partial charge in [-0.25, -0.2) is 0 Å². The molecule has 1 heterocycles. The number of hydrogen-bond donors (Lipinski definition) is 1. The number of hydrogen-bond acceptors (Lipinski definition) is 3. The SMILES string of the molecule is Nc1ccc(S(=O)CCc2ccc3c(c2)CCO3)c(Cl)c1. The van der Waals surface area contributed by atoms with Crippen molar-refractivity contribution < 1.29 is 8.95 Å². The van der Waals surface area contributed by atoms with Crippen LogP contribution in [0.3, 0.4) is 0 Å². The van der Waals surface area contributed by atoms with E-state index < -0.39 is 10.8 Å². The zero-order valence-corrected chi connectivity index (χ0v) is 13.0. The van der Waals surface area contributed by atoms with Crippen LogP contribution in [0, 0.1) is 0 Å². The monoisotopic (exact) mass is 321 g/mol. The zero-order chi connectivity index (χ0) is 14.8. The van der Waals surface area contributed by atoms with Crippen molar-refractivity contribution in [1.82, 2.24) is 0 Å². The Bertz CT molecular complexity index is 703. The molecule has 0 saturated carbocycles. The highest BCUT2D eigenvalue weighted by Crippen LogP contribution is 2.27. The van der Waals surface area contributed by atoms with Gasteiger partial charge in [0, 0.05) is 17.9 Å². The summed E-state index contributed by atoms with van der Waals surface area (Å²) in [4.78, 5) is 0.648. The van der Waals surface area contributed by atoms with Crippen LogP contribution in [0.1, 0.15) is 11.1 Å². The lowest BCUT2D eigenvalue weighted by Crippen LogP contribution is -2.03. The summed E-state index contributed by atoms with van der Waals surface area (Å²) < 4.78 is 17.8. The van der Waals surface area contributed by atoms with E-state index in [4.69, 9.17) is 22.1 Å². The number of fused-ring (bicyclic) bond motifs is 1. The topological polar surface area (TPSA) is 52.3 Å². The van der Waals surface area contributed by atoms with Crippen LogP contribution in [0.15, 0.2) is 41.3 Å². The third-order valence-electron chi connectivity index (χ3n) is 3.53. The third kappa shape index (κ3) is 3.22. The Morgan fingerprint density at radius 2 is 2.10 bits per heavy atom. The van der Waals surface area contributed by atoms with Crippen LogP contribution in [0.4, 0.5) is 5.69 Å². The molecule has 21 heavy (non-hydrogen) atoms. The van der Waals surface area contributed by atoms with E-state index in [-0.39, 0.29) is 0 Å². The first-order chi connectivity index (χ1) is 10.1. The molecule has 1 atom stereocenters. The fourth-order valence-electron chi connectivity index (χ4n) is 2.42. The molecule has 110 valence electrons. The van der Waals surface area contributed by atoms with Gasteiger partial charge >= 0.3 is 0 Å². The summed E-state index contributed by atoms with van der Waals surface area (Å²) in [5, 5.41) is 0.468. The maximum Gasteiger partial charge on any atom is 0.122 e. The number of ether oxygens (including phenoxy) is 1. The smallest absolute Gasteiger partial charge is 0.122 e. The molecule has 0 bridgehead atoms. The molecule has 0 spiro atoms. The van der Waals surface area contributed by atoms with Gasteiger partial charge in [0.15, 0.2) is 0 Å². The Balaban J connectivity index is 1.68. The van der Waals surface area contributed by atoms with E-state index in [0.29, 0.717) is 21.4 Å². The number of aryl methyl sites for hydroxylation is 1. The van der Waals surface area contributed by atoms with Crippen LogP contribution in [0.2, 0.25) is 5.02 Å². The minimum atomic E-state index is -1.12. The molecular formula is C16H16ClNO2S. The van der Waals surface area contributed by atoms with Gasteiger partial charge in [-0.05, 0) is 41.8 Å². The highest BCUT2D eigenvalue weighted by Gasteiger charge is 2.13. The summed E-state index contributed by atoms with van der Waals surface area (Å²) in [6.07, 6.45) is 1.71. The molecule has 1 unspecified atom stereocenters. The van der Waals surface area contributed by atoms with E-state index in [2.05, 4.69) is 6.07 Å². The first kappa shape index (κ1) is 14.4. The van der Waals surface area contributed by atoms with Gasteiger partial charge < -0.3 is 10.5 Å². The third-order valence-corrected chi connectivity index (χ3v) is 5.38. The Morgan fingerprint density at radius 1 is 1.24 bits per heavy atom. The van der Waals surface area contributed by atoms with E-state index in [1.807, 2.05) is 12.1 Å². The van der Waals surface area contributed by atoms with Crippen molar-refractivity contribution in [2.75, 3.05) is 18.1 Å². The number of nitrogen functional groups attached to an aromatic ring is 1. The molecule has 1 aliphatic rings. The maximum atomic E-state index is 12.3. The molecule has 0 aliphatic carbocycles. The van der Waals surface area contributed by atoms with Crippen molar-refractivity contribution in [3.63, 3.8) is 0 Å². The van der Waals surface area contributed by atoms with Gasteiger partial charge in [0.05, 0.1) is 27.3 Å². The second-order valence-corrected chi connectivity index (χ2v) is 6.98. The summed E-state index contributed by atoms with van der Waals surface area (Å²) in [7, 11) is -1.12. The second kappa shape index (κ2) is 6.08. The van der Waals surface area contributed by atoms with Crippen LogP contribution < -0.4 is 10.5 Å². The van der Waals surface area contributed by atoms with Crippen LogP contribution in [-0.2, 0) is 23.6 Å². The van der Waals surface area contributed by atoms with Crippen molar-refractivity contribution in [2.24, 2.45) is 0 Å². The molecular weight excluding hydrogens is 306 g/mol. The quantitative estimate of drug-likeness (QED) is 0.880. The molecule has 0 amide bonds. The molecule has 0 radical (unpaired) electrons. The molecule has 3 nitrogen and oxygen atoms in total. The summed E-state index contributed by atoms with van der Waals surface area (Å²) in [6.45, 7) is 0.756. The first-order valence-electron chi connectivity index (χ1n) is 6.81. The van der Waals surface area contributed by atoms with Crippen molar-refractivity contribution in [3.05, 3.63) is 52.5 Å². The van der Waals surface area contributed by atoms with E-state index in [1.165, 1.54) is 11.1 Å². The second-order valence-electron chi connectivity index (χ2n) is 5.03. The highest BCUT2D eigenvalue weighted by molar-refractivity contribution is 7.85.